The molecule has 0 aliphatic carbocycles. The van der Waals surface area contributed by atoms with Crippen LogP contribution in [0.25, 0.3) is 0 Å². The Labute approximate surface area is 124 Å². The molecule has 1 aliphatic heterocycles. The normalized spacial score (nSPS) is 19.2. The Balaban J connectivity index is 1.92. The molecule has 8 heteroatoms. The first-order valence-electron chi connectivity index (χ1n) is 6.89. The van der Waals surface area contributed by atoms with Crippen molar-refractivity contribution >= 4 is 26.5 Å². The second-order valence-corrected chi connectivity index (χ2v) is 8.09. The standard InChI is InChI=1S/C12H22N4O2S2/c1-3-13-10-11(2)20(17,18)16-7-5-15(6-8-16)12-14-4-9-19-12/h4,9,11,13H,3,5-8,10H2,1-2H3. The van der Waals surface area contributed by atoms with E-state index in [0.717, 1.165) is 11.7 Å². The number of thiazole rings is 1. The van der Waals surface area contributed by atoms with Crippen LogP contribution in [0.2, 0.25) is 0 Å². The van der Waals surface area contributed by atoms with Crippen molar-refractivity contribution in [2.75, 3.05) is 44.2 Å². The number of aromatic nitrogens is 1. The minimum atomic E-state index is -3.20. The molecule has 20 heavy (non-hydrogen) atoms. The Kier molecular flexibility index (Phi) is 5.36. The summed E-state index contributed by atoms with van der Waals surface area (Å²) in [6, 6.07) is 0. The van der Waals surface area contributed by atoms with Gasteiger partial charge in [0.1, 0.15) is 0 Å². The van der Waals surface area contributed by atoms with Gasteiger partial charge in [-0.1, -0.05) is 6.92 Å². The van der Waals surface area contributed by atoms with E-state index >= 15 is 0 Å². The van der Waals surface area contributed by atoms with Crippen molar-refractivity contribution in [3.05, 3.63) is 11.6 Å². The maximum absolute atomic E-state index is 12.4. The Bertz CT molecular complexity index is 496. The van der Waals surface area contributed by atoms with Crippen LogP contribution in [-0.4, -0.2) is 62.2 Å². The van der Waals surface area contributed by atoms with Gasteiger partial charge in [0.05, 0.1) is 5.25 Å². The summed E-state index contributed by atoms with van der Waals surface area (Å²) in [5.41, 5.74) is 0. The number of hydrogen-bond acceptors (Lipinski definition) is 6. The maximum Gasteiger partial charge on any atom is 0.218 e. The summed E-state index contributed by atoms with van der Waals surface area (Å²) in [5.74, 6) is 0. The summed E-state index contributed by atoms with van der Waals surface area (Å²) in [6.07, 6.45) is 1.78. The van der Waals surface area contributed by atoms with E-state index in [9.17, 15) is 8.42 Å². The van der Waals surface area contributed by atoms with Gasteiger partial charge in [-0.05, 0) is 13.5 Å². The van der Waals surface area contributed by atoms with E-state index in [-0.39, 0.29) is 5.25 Å². The molecule has 1 unspecified atom stereocenters. The van der Waals surface area contributed by atoms with Crippen LogP contribution in [0, 0.1) is 0 Å². The van der Waals surface area contributed by atoms with Gasteiger partial charge < -0.3 is 10.2 Å². The van der Waals surface area contributed by atoms with E-state index in [4.69, 9.17) is 0 Å². The SMILES string of the molecule is CCNCC(C)S(=O)(=O)N1CCN(c2nccs2)CC1. The Hall–Kier alpha value is -0.700. The lowest BCUT2D eigenvalue weighted by Crippen LogP contribution is -2.52. The summed E-state index contributed by atoms with van der Waals surface area (Å²) in [4.78, 5) is 6.41. The molecule has 1 aromatic heterocycles. The third-order valence-corrected chi connectivity index (χ3v) is 6.58. The first-order valence-corrected chi connectivity index (χ1v) is 9.28. The average Bonchev–Trinajstić information content (AvgIpc) is 2.99. The van der Waals surface area contributed by atoms with Crippen LogP contribution in [0.5, 0.6) is 0 Å². The van der Waals surface area contributed by atoms with E-state index in [1.165, 1.54) is 0 Å². The van der Waals surface area contributed by atoms with Gasteiger partial charge >= 0.3 is 0 Å². The molecular weight excluding hydrogens is 296 g/mol. The fraction of sp³-hybridized carbons (Fsp3) is 0.750. The molecular formula is C12H22N4O2S2. The highest BCUT2D eigenvalue weighted by molar-refractivity contribution is 7.89. The van der Waals surface area contributed by atoms with Gasteiger partial charge in [0.15, 0.2) is 5.13 Å². The number of anilines is 1. The van der Waals surface area contributed by atoms with Gasteiger partial charge in [-0.3, -0.25) is 0 Å². The summed E-state index contributed by atoms with van der Waals surface area (Å²) in [6.45, 7) is 7.54. The van der Waals surface area contributed by atoms with E-state index in [1.54, 1.807) is 28.8 Å². The lowest BCUT2D eigenvalue weighted by Gasteiger charge is -2.35. The number of sulfonamides is 1. The zero-order valence-electron chi connectivity index (χ0n) is 11.9. The second-order valence-electron chi connectivity index (χ2n) is 4.86. The highest BCUT2D eigenvalue weighted by Crippen LogP contribution is 2.20. The zero-order chi connectivity index (χ0) is 14.6. The van der Waals surface area contributed by atoms with Gasteiger partial charge in [-0.25, -0.2) is 13.4 Å². The summed E-state index contributed by atoms with van der Waals surface area (Å²) in [7, 11) is -3.20. The molecule has 0 bridgehead atoms. The van der Waals surface area contributed by atoms with Gasteiger partial charge in [-0.2, -0.15) is 4.31 Å². The maximum atomic E-state index is 12.4. The van der Waals surface area contributed by atoms with Crippen molar-refractivity contribution in [3.8, 4) is 0 Å². The largest absolute Gasteiger partial charge is 0.345 e. The number of hydrogen-bond donors (Lipinski definition) is 1. The Morgan fingerprint density at radius 1 is 1.40 bits per heavy atom. The van der Waals surface area contributed by atoms with Crippen LogP contribution >= 0.6 is 11.3 Å². The second kappa shape index (κ2) is 6.84. The molecule has 2 rings (SSSR count). The van der Waals surface area contributed by atoms with Crippen molar-refractivity contribution in [1.82, 2.24) is 14.6 Å². The monoisotopic (exact) mass is 318 g/mol. The zero-order valence-corrected chi connectivity index (χ0v) is 13.6. The molecule has 1 aliphatic rings. The number of nitrogens with zero attached hydrogens (tertiary/aromatic N) is 3. The summed E-state index contributed by atoms with van der Waals surface area (Å²) < 4.78 is 26.5. The van der Waals surface area contributed by atoms with Gasteiger partial charge in [0.25, 0.3) is 0 Å². The number of rotatable bonds is 6. The van der Waals surface area contributed by atoms with Crippen molar-refractivity contribution < 1.29 is 8.42 Å². The molecule has 6 nitrogen and oxygen atoms in total. The molecule has 0 radical (unpaired) electrons. The molecule has 2 heterocycles. The predicted molar refractivity (Wildman–Crippen MR) is 82.8 cm³/mol. The molecule has 114 valence electrons. The van der Waals surface area contributed by atoms with Crippen LogP contribution in [0.4, 0.5) is 5.13 Å². The molecule has 1 aromatic rings. The average molecular weight is 318 g/mol. The van der Waals surface area contributed by atoms with E-state index in [2.05, 4.69) is 15.2 Å². The summed E-state index contributed by atoms with van der Waals surface area (Å²) in [5, 5.41) is 5.64. The molecule has 1 fully saturated rings. The number of nitrogens with one attached hydrogen (secondary N) is 1. The van der Waals surface area contributed by atoms with Crippen molar-refractivity contribution in [2.24, 2.45) is 0 Å². The van der Waals surface area contributed by atoms with E-state index in [1.807, 2.05) is 12.3 Å². The first-order chi connectivity index (χ1) is 9.55. The first kappa shape index (κ1) is 15.7. The van der Waals surface area contributed by atoms with Gasteiger partial charge in [0, 0.05) is 44.3 Å². The van der Waals surface area contributed by atoms with Crippen LogP contribution in [0.3, 0.4) is 0 Å². The lowest BCUT2D eigenvalue weighted by atomic mass is 10.4. The fourth-order valence-corrected chi connectivity index (χ4v) is 4.42. The fourth-order valence-electron chi connectivity index (χ4n) is 2.21. The van der Waals surface area contributed by atoms with E-state index in [0.29, 0.717) is 32.7 Å². The van der Waals surface area contributed by atoms with Crippen molar-refractivity contribution in [2.45, 2.75) is 19.1 Å². The molecule has 0 aromatic carbocycles. The molecule has 0 saturated carbocycles. The predicted octanol–water partition coefficient (Wildman–Crippen LogP) is 0.593. The Morgan fingerprint density at radius 2 is 2.10 bits per heavy atom. The third-order valence-electron chi connectivity index (χ3n) is 3.48. The summed E-state index contributed by atoms with van der Waals surface area (Å²) >= 11 is 1.59. The van der Waals surface area contributed by atoms with Gasteiger partial charge in [0.2, 0.25) is 10.0 Å². The number of piperazine rings is 1. The van der Waals surface area contributed by atoms with Crippen LogP contribution in [0.1, 0.15) is 13.8 Å². The van der Waals surface area contributed by atoms with Crippen molar-refractivity contribution in [1.29, 1.82) is 0 Å². The minimum Gasteiger partial charge on any atom is -0.345 e. The highest BCUT2D eigenvalue weighted by atomic mass is 32.2. The quantitative estimate of drug-likeness (QED) is 0.832. The van der Waals surface area contributed by atoms with Crippen molar-refractivity contribution in [3.63, 3.8) is 0 Å². The molecule has 1 saturated heterocycles. The molecule has 0 spiro atoms. The molecule has 1 N–H and O–H groups in total. The Morgan fingerprint density at radius 3 is 2.65 bits per heavy atom. The van der Waals surface area contributed by atoms with E-state index < -0.39 is 10.0 Å². The van der Waals surface area contributed by atoms with Crippen LogP contribution in [0.15, 0.2) is 11.6 Å². The lowest BCUT2D eigenvalue weighted by molar-refractivity contribution is 0.378. The smallest absolute Gasteiger partial charge is 0.218 e. The third kappa shape index (κ3) is 3.49. The van der Waals surface area contributed by atoms with Gasteiger partial charge in [-0.15, -0.1) is 11.3 Å². The van der Waals surface area contributed by atoms with Crippen LogP contribution in [-0.2, 0) is 10.0 Å². The topological polar surface area (TPSA) is 65.5 Å². The molecule has 0 amide bonds. The highest BCUT2D eigenvalue weighted by Gasteiger charge is 2.31. The minimum absolute atomic E-state index is 0.381. The van der Waals surface area contributed by atoms with Crippen LogP contribution < -0.4 is 10.2 Å². The molecule has 1 atom stereocenters.